The number of cyclic esters (lactones) is 1. The van der Waals surface area contributed by atoms with E-state index in [-0.39, 0.29) is 23.0 Å². The molecule has 2 aliphatic heterocycles. The molecular formula is C17H18N4O5S. The summed E-state index contributed by atoms with van der Waals surface area (Å²) in [6.45, 7) is 0.643. The van der Waals surface area contributed by atoms with E-state index in [0.29, 0.717) is 30.8 Å². The zero-order valence-corrected chi connectivity index (χ0v) is 15.4. The molecule has 0 unspecified atom stereocenters. The van der Waals surface area contributed by atoms with Crippen molar-refractivity contribution in [2.24, 2.45) is 7.05 Å². The van der Waals surface area contributed by atoms with Crippen molar-refractivity contribution in [1.29, 1.82) is 0 Å². The Morgan fingerprint density at radius 1 is 1.26 bits per heavy atom. The van der Waals surface area contributed by atoms with Gasteiger partial charge in [0.15, 0.2) is 0 Å². The number of sulfonamides is 1. The molecule has 1 aromatic heterocycles. The number of fused-ring (bicyclic) bond motifs is 1. The monoisotopic (exact) mass is 390 g/mol. The summed E-state index contributed by atoms with van der Waals surface area (Å²) < 4.78 is 34.5. The smallest absolute Gasteiger partial charge is 0.338 e. The van der Waals surface area contributed by atoms with Crippen LogP contribution >= 0.6 is 0 Å². The van der Waals surface area contributed by atoms with Gasteiger partial charge < -0.3 is 4.74 Å². The van der Waals surface area contributed by atoms with Crippen LogP contribution in [0.2, 0.25) is 0 Å². The van der Waals surface area contributed by atoms with Gasteiger partial charge in [-0.2, -0.15) is 9.82 Å². The van der Waals surface area contributed by atoms with Crippen LogP contribution in [0, 0.1) is 0 Å². The van der Waals surface area contributed by atoms with Crippen LogP contribution in [-0.4, -0.2) is 42.7 Å². The fourth-order valence-electron chi connectivity index (χ4n) is 3.36. The van der Waals surface area contributed by atoms with Gasteiger partial charge in [0.25, 0.3) is 0 Å². The van der Waals surface area contributed by atoms with Gasteiger partial charge in [0.2, 0.25) is 15.9 Å². The molecule has 142 valence electrons. The first-order valence-corrected chi connectivity index (χ1v) is 9.97. The fraction of sp³-hybridized carbons (Fsp3) is 0.353. The summed E-state index contributed by atoms with van der Waals surface area (Å²) in [5, 5.41) is 4.05. The van der Waals surface area contributed by atoms with Crippen molar-refractivity contribution in [3.05, 3.63) is 41.6 Å². The largest absolute Gasteiger partial charge is 0.457 e. The number of benzene rings is 1. The highest BCUT2D eigenvalue weighted by molar-refractivity contribution is 7.89. The number of hydrogen-bond acceptors (Lipinski definition) is 6. The van der Waals surface area contributed by atoms with Crippen LogP contribution in [0.15, 0.2) is 35.4 Å². The van der Waals surface area contributed by atoms with Crippen LogP contribution in [0.4, 0.5) is 5.82 Å². The highest BCUT2D eigenvalue weighted by Crippen LogP contribution is 2.25. The molecule has 3 heterocycles. The fourth-order valence-corrected chi connectivity index (χ4v) is 4.61. The summed E-state index contributed by atoms with van der Waals surface area (Å²) in [7, 11) is -2.25. The maximum atomic E-state index is 12.8. The molecule has 4 rings (SSSR count). The molecule has 0 radical (unpaired) electrons. The van der Waals surface area contributed by atoms with Gasteiger partial charge in [0.1, 0.15) is 18.5 Å². The molecule has 0 spiro atoms. The topological polar surface area (TPSA) is 111 Å². The lowest BCUT2D eigenvalue weighted by molar-refractivity contribution is -0.121. The number of esters is 1. The van der Waals surface area contributed by atoms with Crippen LogP contribution in [-0.2, 0) is 33.2 Å². The molecule has 0 aliphatic carbocycles. The van der Waals surface area contributed by atoms with E-state index in [0.717, 1.165) is 0 Å². The number of aromatic nitrogens is 2. The number of carbonyl (C=O) groups excluding carboxylic acids is 2. The van der Waals surface area contributed by atoms with E-state index in [2.05, 4.69) is 9.82 Å². The molecule has 9 nitrogen and oxygen atoms in total. The van der Waals surface area contributed by atoms with Gasteiger partial charge in [-0.05, 0) is 25.0 Å². The second-order valence-electron chi connectivity index (χ2n) is 6.51. The van der Waals surface area contributed by atoms with Crippen molar-refractivity contribution in [3.63, 3.8) is 0 Å². The molecule has 2 aromatic rings. The lowest BCUT2D eigenvalue weighted by Gasteiger charge is -2.32. The van der Waals surface area contributed by atoms with E-state index in [1.807, 2.05) is 0 Å². The normalized spacial score (nSPS) is 19.9. The standard InChI is InChI=1S/C17H18N4O5S/c1-20-15(6-7-18-20)21-8-2-3-14(16(21)22)19-27(24,25)12-5-4-11-10-26-17(23)13(11)9-12/h4-7,9,14,19H,2-3,8,10H2,1H3/t14-/m0/s1. The first kappa shape index (κ1) is 17.7. The summed E-state index contributed by atoms with van der Waals surface area (Å²) in [5.41, 5.74) is 0.888. The molecule has 1 aromatic carbocycles. The molecule has 1 amide bonds. The van der Waals surface area contributed by atoms with Gasteiger partial charge in [-0.25, -0.2) is 13.2 Å². The lowest BCUT2D eigenvalue weighted by Crippen LogP contribution is -2.52. The van der Waals surface area contributed by atoms with Crippen molar-refractivity contribution in [2.45, 2.75) is 30.4 Å². The van der Waals surface area contributed by atoms with Crippen LogP contribution in [0.25, 0.3) is 0 Å². The van der Waals surface area contributed by atoms with Crippen molar-refractivity contribution in [2.75, 3.05) is 11.4 Å². The summed E-state index contributed by atoms with van der Waals surface area (Å²) in [6.07, 6.45) is 2.64. The van der Waals surface area contributed by atoms with E-state index in [1.54, 1.807) is 30.1 Å². The molecule has 1 atom stereocenters. The Bertz CT molecular complexity index is 1030. The highest BCUT2D eigenvalue weighted by atomic mass is 32.2. The molecule has 1 fully saturated rings. The van der Waals surface area contributed by atoms with E-state index in [1.165, 1.54) is 17.0 Å². The molecule has 1 N–H and O–H groups in total. The Hall–Kier alpha value is -2.72. The number of ether oxygens (including phenoxy) is 1. The first-order valence-electron chi connectivity index (χ1n) is 8.48. The Morgan fingerprint density at radius 2 is 2.07 bits per heavy atom. The number of aryl methyl sites for hydroxylation is 1. The summed E-state index contributed by atoms with van der Waals surface area (Å²) >= 11 is 0. The number of nitrogens with zero attached hydrogens (tertiary/aromatic N) is 3. The first-order chi connectivity index (χ1) is 12.9. The second kappa shape index (κ2) is 6.46. The number of rotatable bonds is 4. The number of nitrogens with one attached hydrogen (secondary N) is 1. The van der Waals surface area contributed by atoms with Crippen LogP contribution in [0.5, 0.6) is 0 Å². The minimum atomic E-state index is -3.97. The minimum Gasteiger partial charge on any atom is -0.457 e. The Balaban J connectivity index is 1.57. The zero-order chi connectivity index (χ0) is 19.2. The van der Waals surface area contributed by atoms with Gasteiger partial charge in [-0.15, -0.1) is 0 Å². The van der Waals surface area contributed by atoms with Gasteiger partial charge in [-0.3, -0.25) is 14.4 Å². The van der Waals surface area contributed by atoms with Crippen molar-refractivity contribution >= 4 is 27.7 Å². The molecule has 2 aliphatic rings. The predicted octanol–water partition coefficient (Wildman–Crippen LogP) is 0.564. The molecule has 27 heavy (non-hydrogen) atoms. The summed E-state index contributed by atoms with van der Waals surface area (Å²) in [4.78, 5) is 26.0. The lowest BCUT2D eigenvalue weighted by atomic mass is 10.1. The number of carbonyl (C=O) groups is 2. The van der Waals surface area contributed by atoms with Gasteiger partial charge in [-0.1, -0.05) is 6.07 Å². The van der Waals surface area contributed by atoms with E-state index in [9.17, 15) is 18.0 Å². The second-order valence-corrected chi connectivity index (χ2v) is 8.23. The third-order valence-electron chi connectivity index (χ3n) is 4.78. The molecule has 0 saturated carbocycles. The van der Waals surface area contributed by atoms with E-state index < -0.39 is 22.0 Å². The van der Waals surface area contributed by atoms with E-state index in [4.69, 9.17) is 4.74 Å². The number of hydrogen-bond donors (Lipinski definition) is 1. The average molecular weight is 390 g/mol. The SMILES string of the molecule is Cn1nccc1N1CCC[C@H](NS(=O)(=O)c2ccc3c(c2)C(=O)OC3)C1=O. The van der Waals surface area contributed by atoms with Crippen molar-refractivity contribution < 1.29 is 22.7 Å². The highest BCUT2D eigenvalue weighted by Gasteiger charge is 2.34. The Labute approximate surface area is 156 Å². The summed E-state index contributed by atoms with van der Waals surface area (Å²) in [6, 6.07) is 5.09. The van der Waals surface area contributed by atoms with Crippen LogP contribution < -0.4 is 9.62 Å². The van der Waals surface area contributed by atoms with Gasteiger partial charge in [0.05, 0.1) is 16.7 Å². The van der Waals surface area contributed by atoms with Crippen LogP contribution in [0.1, 0.15) is 28.8 Å². The quantitative estimate of drug-likeness (QED) is 0.764. The van der Waals surface area contributed by atoms with Crippen LogP contribution in [0.3, 0.4) is 0 Å². The van der Waals surface area contributed by atoms with Crippen molar-refractivity contribution in [1.82, 2.24) is 14.5 Å². The third kappa shape index (κ3) is 3.10. The number of amides is 1. The maximum Gasteiger partial charge on any atom is 0.338 e. The Kier molecular flexibility index (Phi) is 4.23. The zero-order valence-electron chi connectivity index (χ0n) is 14.6. The third-order valence-corrected chi connectivity index (χ3v) is 6.25. The maximum absolute atomic E-state index is 12.8. The van der Waals surface area contributed by atoms with Gasteiger partial charge in [0, 0.05) is 25.2 Å². The molecule has 10 heteroatoms. The Morgan fingerprint density at radius 3 is 2.81 bits per heavy atom. The number of anilines is 1. The van der Waals surface area contributed by atoms with Crippen molar-refractivity contribution in [3.8, 4) is 0 Å². The van der Waals surface area contributed by atoms with E-state index >= 15 is 0 Å². The average Bonchev–Trinajstić information content (AvgIpc) is 3.22. The molecular weight excluding hydrogens is 372 g/mol. The molecule has 1 saturated heterocycles. The number of piperidine rings is 1. The molecule has 0 bridgehead atoms. The summed E-state index contributed by atoms with van der Waals surface area (Å²) in [5.74, 6) is -0.253. The predicted molar refractivity (Wildman–Crippen MR) is 94.5 cm³/mol. The van der Waals surface area contributed by atoms with Gasteiger partial charge >= 0.3 is 5.97 Å². The minimum absolute atomic E-state index is 0.0643.